The molecule has 0 saturated carbocycles. The fourth-order valence-corrected chi connectivity index (χ4v) is 0.481. The molecule has 0 aliphatic carbocycles. The highest BCUT2D eigenvalue weighted by Gasteiger charge is 2.08. The molecule has 0 spiro atoms. The van der Waals surface area contributed by atoms with Gasteiger partial charge in [-0.15, -0.1) is 0 Å². The normalized spacial score (nSPS) is 8.90. The summed E-state index contributed by atoms with van der Waals surface area (Å²) >= 11 is 0. The molecule has 0 heterocycles. The number of primary amides is 1. The second-order valence-electron chi connectivity index (χ2n) is 1.93. The van der Waals surface area contributed by atoms with Crippen LogP contribution >= 0.6 is 0 Å². The Kier molecular flexibility index (Phi) is 4.19. The summed E-state index contributed by atoms with van der Waals surface area (Å²) < 4.78 is 0. The first-order chi connectivity index (χ1) is 4.66. The van der Waals surface area contributed by atoms with Gasteiger partial charge >= 0.3 is 6.03 Å². The molecule has 0 aliphatic rings. The monoisotopic (exact) mass is 146 g/mol. The summed E-state index contributed by atoms with van der Waals surface area (Å²) in [5, 5.41) is 0. The van der Waals surface area contributed by atoms with Crippen LogP contribution in [0.3, 0.4) is 0 Å². The van der Waals surface area contributed by atoms with Gasteiger partial charge in [0.15, 0.2) is 0 Å². The number of rotatable bonds is 4. The predicted molar refractivity (Wildman–Crippen MR) is 36.1 cm³/mol. The Morgan fingerprint density at radius 1 is 1.70 bits per heavy atom. The van der Waals surface area contributed by atoms with Gasteiger partial charge in [0.25, 0.3) is 0 Å². The van der Waals surface area contributed by atoms with Crippen molar-refractivity contribution < 1.29 is 9.66 Å². The highest BCUT2D eigenvalue weighted by atomic mass is 16.3. The van der Waals surface area contributed by atoms with Gasteiger partial charge in [0.05, 0.1) is 4.91 Å². The molecule has 0 rings (SSSR count). The van der Waals surface area contributed by atoms with Crippen LogP contribution in [0, 0.1) is 4.91 Å². The molecule has 0 saturated heterocycles. The topological polar surface area (TPSA) is 75.2 Å². The molecule has 0 bridgehead atoms. The van der Waals surface area contributed by atoms with Gasteiger partial charge in [-0.25, -0.2) is 4.79 Å². The van der Waals surface area contributed by atoms with E-state index >= 15 is 0 Å². The third kappa shape index (κ3) is 5.02. The summed E-state index contributed by atoms with van der Waals surface area (Å²) in [6.07, 6.45) is 1.67. The molecule has 0 aliphatic heterocycles. The minimum Gasteiger partial charge on any atom is -0.347 e. The minimum atomic E-state index is -0.814. The van der Waals surface area contributed by atoms with E-state index in [1.165, 1.54) is 0 Å². The molecule has 0 aromatic rings. The third-order valence-corrected chi connectivity index (χ3v) is 0.950. The van der Waals surface area contributed by atoms with Gasteiger partial charge in [-0.2, -0.15) is 0 Å². The molecule has 0 radical (unpaired) electrons. The number of hydrogen-bond donors (Lipinski definition) is 2. The average Bonchev–Trinajstić information content (AvgIpc) is 1.82. The van der Waals surface area contributed by atoms with E-state index in [-0.39, 0.29) is 0 Å². The van der Waals surface area contributed by atoms with Crippen molar-refractivity contribution in [3.05, 3.63) is 4.91 Å². The van der Waals surface area contributed by atoms with Crippen LogP contribution in [0.25, 0.3) is 0 Å². The number of unbranched alkanes of at least 4 members (excludes halogenated alkanes) is 1. The fourth-order valence-electron chi connectivity index (χ4n) is 0.481. The predicted octanol–water partition coefficient (Wildman–Crippen LogP) is 0.149. The summed E-state index contributed by atoms with van der Waals surface area (Å²) in [4.78, 5) is 21.0. The molecule has 58 valence electrons. The molecule has 0 unspecified atom stereocenters. The Morgan fingerprint density at radius 3 is 2.70 bits per heavy atom. The molecule has 10 heavy (non-hydrogen) atoms. The van der Waals surface area contributed by atoms with Crippen LogP contribution in [0.1, 0.15) is 19.8 Å². The second-order valence-corrected chi connectivity index (χ2v) is 1.93. The number of carbonyl (C=O) groups is 1. The quantitative estimate of drug-likeness (QED) is 0.437. The first-order valence-corrected chi connectivity index (χ1v) is 3.17. The van der Waals surface area contributed by atoms with Gasteiger partial charge in [-0.05, 0) is 6.42 Å². The number of amides is 2. The Balaban J connectivity index is 3.35. The zero-order chi connectivity index (χ0) is 7.98. The van der Waals surface area contributed by atoms with Gasteiger partial charge in [0, 0.05) is 6.42 Å². The lowest BCUT2D eigenvalue weighted by molar-refractivity contribution is -0.592. The van der Waals surface area contributed by atoms with Crippen LogP contribution in [0.5, 0.6) is 0 Å². The maximum Gasteiger partial charge on any atom is 0.368 e. The maximum atomic E-state index is 10.5. The molecule has 0 aromatic heterocycles. The lowest BCUT2D eigenvalue weighted by atomic mass is 10.3. The molecule has 2 amide bonds. The smallest absolute Gasteiger partial charge is 0.347 e. The van der Waals surface area contributed by atoms with Crippen LogP contribution in [0.2, 0.25) is 0 Å². The van der Waals surface area contributed by atoms with Crippen molar-refractivity contribution in [3.63, 3.8) is 0 Å². The average molecular weight is 146 g/mol. The van der Waals surface area contributed by atoms with Crippen molar-refractivity contribution in [2.75, 3.05) is 6.54 Å². The molecule has 0 aromatic carbocycles. The van der Waals surface area contributed by atoms with E-state index in [1.54, 1.807) is 0 Å². The molecule has 0 atom stereocenters. The number of nitrogens with one attached hydrogen (secondary N) is 1. The van der Waals surface area contributed by atoms with Crippen molar-refractivity contribution in [3.8, 4) is 0 Å². The maximum absolute atomic E-state index is 10.5. The largest absolute Gasteiger partial charge is 0.368 e. The molecular weight excluding hydrogens is 134 g/mol. The Morgan fingerprint density at radius 2 is 2.30 bits per heavy atom. The van der Waals surface area contributed by atoms with E-state index in [2.05, 4.69) is 5.73 Å². The number of hydrazine groups is 1. The molecular formula is C5H12N3O2+. The molecule has 5 heteroatoms. The van der Waals surface area contributed by atoms with E-state index in [1.807, 2.05) is 12.3 Å². The summed E-state index contributed by atoms with van der Waals surface area (Å²) in [6, 6.07) is -0.814. The zero-order valence-electron chi connectivity index (χ0n) is 5.96. The van der Waals surface area contributed by atoms with E-state index in [0.717, 1.165) is 12.8 Å². The summed E-state index contributed by atoms with van der Waals surface area (Å²) in [5.41, 5.74) is 6.57. The number of urea groups is 1. The highest BCUT2D eigenvalue weighted by Crippen LogP contribution is 1.84. The van der Waals surface area contributed by atoms with Crippen LogP contribution in [-0.4, -0.2) is 17.4 Å². The molecule has 0 fully saturated rings. The van der Waals surface area contributed by atoms with Gasteiger partial charge < -0.3 is 5.73 Å². The fraction of sp³-hybridized carbons (Fsp3) is 0.800. The Hall–Kier alpha value is -1.13. The number of hydrogen-bond acceptors (Lipinski definition) is 2. The first kappa shape index (κ1) is 8.87. The van der Waals surface area contributed by atoms with Crippen molar-refractivity contribution in [1.29, 1.82) is 0 Å². The highest BCUT2D eigenvalue weighted by molar-refractivity contribution is 5.69. The van der Waals surface area contributed by atoms with Gasteiger partial charge in [0.1, 0.15) is 4.87 Å². The molecule has 5 nitrogen and oxygen atoms in total. The van der Waals surface area contributed by atoms with Crippen LogP contribution in [-0.2, 0) is 0 Å². The van der Waals surface area contributed by atoms with E-state index in [0.29, 0.717) is 11.4 Å². The van der Waals surface area contributed by atoms with Crippen LogP contribution < -0.4 is 11.2 Å². The van der Waals surface area contributed by atoms with Gasteiger partial charge in [-0.1, -0.05) is 12.3 Å². The van der Waals surface area contributed by atoms with Crippen molar-refractivity contribution in [2.45, 2.75) is 19.8 Å². The number of nitrogens with zero attached hydrogens (tertiary/aromatic N) is 1. The second kappa shape index (κ2) is 4.72. The van der Waals surface area contributed by atoms with Gasteiger partial charge in [-0.3, -0.25) is 0 Å². The third-order valence-electron chi connectivity index (χ3n) is 0.950. The Bertz CT molecular complexity index is 135. The lowest BCUT2D eigenvalue weighted by Crippen LogP contribution is -2.37. The van der Waals surface area contributed by atoms with Crippen molar-refractivity contribution >= 4 is 6.03 Å². The zero-order valence-corrected chi connectivity index (χ0v) is 5.96. The van der Waals surface area contributed by atoms with Crippen LogP contribution in [0.15, 0.2) is 0 Å². The standard InChI is InChI=1S/C5H11N3O2/c1-2-3-4-8(10)7-5(6)9/h2-4H2,1H3,(H2-,6,7,9,10)/p+1. The van der Waals surface area contributed by atoms with Crippen LogP contribution in [0.4, 0.5) is 4.79 Å². The lowest BCUT2D eigenvalue weighted by Gasteiger charge is -1.89. The van der Waals surface area contributed by atoms with Crippen molar-refractivity contribution in [1.82, 2.24) is 5.43 Å². The van der Waals surface area contributed by atoms with E-state index < -0.39 is 6.03 Å². The Labute approximate surface area is 59.1 Å². The number of nitrogens with two attached hydrogens (primary N) is 1. The van der Waals surface area contributed by atoms with Gasteiger partial charge in [0.2, 0.25) is 6.54 Å². The summed E-state index contributed by atoms with van der Waals surface area (Å²) in [6.45, 7) is 2.25. The SMILES string of the molecule is CCCC[N+](=O)NC(N)=O. The summed E-state index contributed by atoms with van der Waals surface area (Å²) in [5.74, 6) is 0. The minimum absolute atomic E-state index is 0.291. The number of nitroso groups, excluding NO2 is 1. The first-order valence-electron chi connectivity index (χ1n) is 3.17. The summed E-state index contributed by atoms with van der Waals surface area (Å²) in [7, 11) is 0. The number of carbonyl (C=O) groups excluding carboxylic acids is 1. The van der Waals surface area contributed by atoms with E-state index in [9.17, 15) is 9.70 Å². The van der Waals surface area contributed by atoms with Crippen molar-refractivity contribution in [2.24, 2.45) is 5.73 Å². The van der Waals surface area contributed by atoms with E-state index in [4.69, 9.17) is 0 Å². The molecule has 3 N–H and O–H groups in total.